The van der Waals surface area contributed by atoms with Gasteiger partial charge in [0.2, 0.25) is 0 Å². The van der Waals surface area contributed by atoms with Gasteiger partial charge in [-0.15, -0.1) is 0 Å². The summed E-state index contributed by atoms with van der Waals surface area (Å²) in [7, 11) is 0. The molecule has 0 amide bonds. The fourth-order valence-corrected chi connectivity index (χ4v) is 2.21. The SMILES string of the molecule is CC(C)=CCCC(C)=CC(OC(=O)CCC(=O)O)=C(C)CCC=C(C)C. The van der Waals surface area contributed by atoms with Gasteiger partial charge < -0.3 is 9.84 Å². The van der Waals surface area contributed by atoms with Gasteiger partial charge in [-0.2, -0.15) is 0 Å². The van der Waals surface area contributed by atoms with Crippen molar-refractivity contribution in [2.45, 2.75) is 80.1 Å². The summed E-state index contributed by atoms with van der Waals surface area (Å²) in [5, 5.41) is 8.72. The minimum absolute atomic E-state index is 0.120. The number of aliphatic carboxylic acids is 1. The van der Waals surface area contributed by atoms with Crippen LogP contribution in [0.25, 0.3) is 0 Å². The van der Waals surface area contributed by atoms with Crippen LogP contribution in [0, 0.1) is 0 Å². The van der Waals surface area contributed by atoms with Crippen LogP contribution in [0.4, 0.5) is 0 Å². The molecule has 0 rings (SSSR count). The van der Waals surface area contributed by atoms with Crippen LogP contribution in [0.5, 0.6) is 0 Å². The topological polar surface area (TPSA) is 63.6 Å². The van der Waals surface area contributed by atoms with Crippen LogP contribution in [0.1, 0.15) is 80.1 Å². The van der Waals surface area contributed by atoms with Crippen molar-refractivity contribution >= 4 is 11.9 Å². The predicted octanol–water partition coefficient (Wildman–Crippen LogP) is 6.11. The third-order valence-corrected chi connectivity index (χ3v) is 3.73. The van der Waals surface area contributed by atoms with Gasteiger partial charge in [0, 0.05) is 0 Å². The molecule has 0 aromatic rings. The van der Waals surface area contributed by atoms with Crippen LogP contribution in [-0.2, 0) is 14.3 Å². The summed E-state index contributed by atoms with van der Waals surface area (Å²) in [5.41, 5.74) is 4.66. The molecule has 0 saturated heterocycles. The summed E-state index contributed by atoms with van der Waals surface area (Å²) in [6.45, 7) is 12.2. The first kappa shape index (κ1) is 23.9. The molecule has 0 fully saturated rings. The van der Waals surface area contributed by atoms with Gasteiger partial charge in [-0.1, -0.05) is 28.9 Å². The molecule has 4 heteroatoms. The number of ether oxygens (including phenoxy) is 1. The minimum atomic E-state index is -0.999. The van der Waals surface area contributed by atoms with Crippen molar-refractivity contribution in [2.24, 2.45) is 0 Å². The van der Waals surface area contributed by atoms with Crippen molar-refractivity contribution < 1.29 is 19.4 Å². The van der Waals surface area contributed by atoms with E-state index in [9.17, 15) is 9.59 Å². The summed E-state index contributed by atoms with van der Waals surface area (Å²) in [6, 6.07) is 0. The molecule has 0 aromatic carbocycles. The first-order valence-electron chi connectivity index (χ1n) is 9.18. The molecule has 26 heavy (non-hydrogen) atoms. The van der Waals surface area contributed by atoms with E-state index in [2.05, 4.69) is 39.8 Å². The normalized spacial score (nSPS) is 12.2. The van der Waals surface area contributed by atoms with Crippen LogP contribution in [0.15, 0.2) is 46.3 Å². The van der Waals surface area contributed by atoms with Gasteiger partial charge in [0.15, 0.2) is 0 Å². The van der Waals surface area contributed by atoms with E-state index in [0.717, 1.165) is 36.8 Å². The highest BCUT2D eigenvalue weighted by molar-refractivity contribution is 5.77. The molecule has 0 aliphatic heterocycles. The number of carbonyl (C=O) groups excluding carboxylic acids is 1. The van der Waals surface area contributed by atoms with Crippen molar-refractivity contribution in [1.82, 2.24) is 0 Å². The molecule has 0 radical (unpaired) electrons. The first-order chi connectivity index (χ1) is 12.1. The maximum absolute atomic E-state index is 12.0. The maximum atomic E-state index is 12.0. The fourth-order valence-electron chi connectivity index (χ4n) is 2.21. The lowest BCUT2D eigenvalue weighted by Gasteiger charge is -2.11. The van der Waals surface area contributed by atoms with Crippen LogP contribution < -0.4 is 0 Å². The molecule has 146 valence electrons. The van der Waals surface area contributed by atoms with E-state index in [4.69, 9.17) is 9.84 Å². The second-order valence-electron chi connectivity index (χ2n) is 7.14. The highest BCUT2D eigenvalue weighted by Gasteiger charge is 2.11. The Morgan fingerprint density at radius 3 is 1.85 bits per heavy atom. The number of rotatable bonds is 11. The van der Waals surface area contributed by atoms with Crippen molar-refractivity contribution in [3.05, 3.63) is 46.3 Å². The number of hydrogen-bond acceptors (Lipinski definition) is 3. The zero-order chi connectivity index (χ0) is 20.1. The molecular formula is C22H34O4. The monoisotopic (exact) mass is 362 g/mol. The van der Waals surface area contributed by atoms with E-state index in [0.29, 0.717) is 5.76 Å². The van der Waals surface area contributed by atoms with Crippen molar-refractivity contribution in [3.8, 4) is 0 Å². The average molecular weight is 363 g/mol. The lowest BCUT2D eigenvalue weighted by atomic mass is 10.1. The van der Waals surface area contributed by atoms with E-state index < -0.39 is 11.9 Å². The predicted molar refractivity (Wildman–Crippen MR) is 107 cm³/mol. The number of esters is 1. The standard InChI is InChI=1S/C22H34O4/c1-16(2)9-7-11-18(5)15-20(19(6)12-8-10-17(3)4)26-22(25)14-13-21(23)24/h9-10,15H,7-8,11-14H2,1-6H3,(H,23,24). The maximum Gasteiger partial charge on any atom is 0.311 e. The molecule has 0 bridgehead atoms. The van der Waals surface area contributed by atoms with Crippen LogP contribution in [-0.4, -0.2) is 17.0 Å². The molecule has 0 aromatic heterocycles. The Hall–Kier alpha value is -2.10. The van der Waals surface area contributed by atoms with Gasteiger partial charge in [-0.25, -0.2) is 0 Å². The highest BCUT2D eigenvalue weighted by Crippen LogP contribution is 2.19. The van der Waals surface area contributed by atoms with Crippen LogP contribution in [0.2, 0.25) is 0 Å². The van der Waals surface area contributed by atoms with E-state index in [1.54, 1.807) is 0 Å². The zero-order valence-electron chi connectivity index (χ0n) is 17.1. The van der Waals surface area contributed by atoms with Crippen LogP contribution >= 0.6 is 0 Å². The Kier molecular flexibility index (Phi) is 12.1. The molecule has 0 aliphatic rings. The molecule has 0 spiro atoms. The van der Waals surface area contributed by atoms with Gasteiger partial charge in [-0.05, 0) is 78.9 Å². The van der Waals surface area contributed by atoms with Crippen molar-refractivity contribution in [1.29, 1.82) is 0 Å². The van der Waals surface area contributed by atoms with Gasteiger partial charge >= 0.3 is 11.9 Å². The van der Waals surface area contributed by atoms with Crippen LogP contribution in [0.3, 0.4) is 0 Å². The third kappa shape index (κ3) is 13.2. The number of allylic oxidation sites excluding steroid dienone is 7. The molecule has 0 heterocycles. The molecular weight excluding hydrogens is 328 g/mol. The molecule has 4 nitrogen and oxygen atoms in total. The Bertz CT molecular complexity index is 596. The second-order valence-corrected chi connectivity index (χ2v) is 7.14. The number of carbonyl (C=O) groups is 2. The van der Waals surface area contributed by atoms with Crippen molar-refractivity contribution in [2.75, 3.05) is 0 Å². The quantitative estimate of drug-likeness (QED) is 0.208. The summed E-state index contributed by atoms with van der Waals surface area (Å²) in [6.07, 6.45) is 9.43. The van der Waals surface area contributed by atoms with E-state index in [-0.39, 0.29) is 12.8 Å². The van der Waals surface area contributed by atoms with Gasteiger partial charge in [0.05, 0.1) is 12.8 Å². The van der Waals surface area contributed by atoms with Gasteiger partial charge in [-0.3, -0.25) is 9.59 Å². The Balaban J connectivity index is 5.18. The summed E-state index contributed by atoms with van der Waals surface area (Å²) in [5.74, 6) is -0.948. The zero-order valence-corrected chi connectivity index (χ0v) is 17.1. The summed E-state index contributed by atoms with van der Waals surface area (Å²) < 4.78 is 5.48. The highest BCUT2D eigenvalue weighted by atomic mass is 16.5. The lowest BCUT2D eigenvalue weighted by molar-refractivity contribution is -0.144. The summed E-state index contributed by atoms with van der Waals surface area (Å²) in [4.78, 5) is 22.6. The fraction of sp³-hybridized carbons (Fsp3) is 0.545. The van der Waals surface area contributed by atoms with Crippen molar-refractivity contribution in [3.63, 3.8) is 0 Å². The molecule has 0 aliphatic carbocycles. The smallest absolute Gasteiger partial charge is 0.311 e. The molecule has 0 atom stereocenters. The Morgan fingerprint density at radius 1 is 0.808 bits per heavy atom. The Labute approximate surface area is 158 Å². The van der Waals surface area contributed by atoms with Gasteiger partial charge in [0.1, 0.15) is 5.76 Å². The third-order valence-electron chi connectivity index (χ3n) is 3.73. The number of carboxylic acids is 1. The second kappa shape index (κ2) is 13.2. The Morgan fingerprint density at radius 2 is 1.35 bits per heavy atom. The van der Waals surface area contributed by atoms with E-state index in [1.807, 2.05) is 19.9 Å². The van der Waals surface area contributed by atoms with E-state index in [1.165, 1.54) is 11.1 Å². The number of hydrogen-bond donors (Lipinski definition) is 1. The molecule has 0 saturated carbocycles. The average Bonchev–Trinajstić information content (AvgIpc) is 2.51. The molecule has 0 unspecified atom stereocenters. The molecule has 1 N–H and O–H groups in total. The lowest BCUT2D eigenvalue weighted by Crippen LogP contribution is -2.08. The van der Waals surface area contributed by atoms with E-state index >= 15 is 0 Å². The van der Waals surface area contributed by atoms with Gasteiger partial charge in [0.25, 0.3) is 0 Å². The largest absolute Gasteiger partial charge is 0.481 e. The summed E-state index contributed by atoms with van der Waals surface area (Å²) >= 11 is 0. The number of carboxylic acid groups (broad SMARTS) is 1. The first-order valence-corrected chi connectivity index (χ1v) is 9.18. The minimum Gasteiger partial charge on any atom is -0.481 e.